The number of halogens is 3. The third-order valence-electron chi connectivity index (χ3n) is 2.42. The van der Waals surface area contributed by atoms with Crippen molar-refractivity contribution in [3.05, 3.63) is 11.8 Å². The zero-order valence-corrected chi connectivity index (χ0v) is 9.57. The van der Waals surface area contributed by atoms with E-state index in [2.05, 4.69) is 4.18 Å². The maximum Gasteiger partial charge on any atom is 0.534 e. The molecule has 0 radical (unpaired) electrons. The summed E-state index contributed by atoms with van der Waals surface area (Å²) < 4.78 is 61.6. The van der Waals surface area contributed by atoms with Crippen molar-refractivity contribution in [2.45, 2.75) is 38.1 Å². The van der Waals surface area contributed by atoms with Gasteiger partial charge in [-0.25, -0.2) is 0 Å². The molecule has 0 saturated carbocycles. The SMILES string of the molecule is C[C@H]1CCC=C(OS(=O)(=O)C(F)(F)F)CC1. The number of hydrogen-bond acceptors (Lipinski definition) is 3. The molecule has 0 saturated heterocycles. The lowest BCUT2D eigenvalue weighted by Gasteiger charge is -2.11. The largest absolute Gasteiger partial charge is 0.534 e. The van der Waals surface area contributed by atoms with Crippen molar-refractivity contribution in [3.8, 4) is 0 Å². The van der Waals surface area contributed by atoms with Gasteiger partial charge in [0.25, 0.3) is 0 Å². The molecule has 0 heterocycles. The molecule has 16 heavy (non-hydrogen) atoms. The molecular formula is C9H13F3O3S. The predicted octanol–water partition coefficient (Wildman–Crippen LogP) is 2.95. The Labute approximate surface area is 92.4 Å². The van der Waals surface area contributed by atoms with E-state index in [0.29, 0.717) is 18.8 Å². The van der Waals surface area contributed by atoms with E-state index in [4.69, 9.17) is 0 Å². The van der Waals surface area contributed by atoms with Gasteiger partial charge >= 0.3 is 15.6 Å². The Hall–Kier alpha value is -0.720. The highest BCUT2D eigenvalue weighted by Crippen LogP contribution is 2.30. The van der Waals surface area contributed by atoms with Crippen LogP contribution in [0.4, 0.5) is 13.2 Å². The van der Waals surface area contributed by atoms with Gasteiger partial charge < -0.3 is 4.18 Å². The van der Waals surface area contributed by atoms with Crippen molar-refractivity contribution < 1.29 is 25.8 Å². The van der Waals surface area contributed by atoms with Crippen molar-refractivity contribution in [1.82, 2.24) is 0 Å². The molecule has 94 valence electrons. The third-order valence-corrected chi connectivity index (χ3v) is 3.42. The van der Waals surface area contributed by atoms with Crippen LogP contribution in [0, 0.1) is 5.92 Å². The van der Waals surface area contributed by atoms with Crippen LogP contribution in [0.3, 0.4) is 0 Å². The van der Waals surface area contributed by atoms with Gasteiger partial charge in [0.15, 0.2) is 0 Å². The van der Waals surface area contributed by atoms with Crippen molar-refractivity contribution in [2.75, 3.05) is 0 Å². The summed E-state index contributed by atoms with van der Waals surface area (Å²) in [6.07, 6.45) is 3.67. The monoisotopic (exact) mass is 258 g/mol. The summed E-state index contributed by atoms with van der Waals surface area (Å²) in [7, 11) is -5.50. The molecule has 0 fully saturated rings. The summed E-state index contributed by atoms with van der Waals surface area (Å²) in [5.74, 6) is 0.271. The van der Waals surface area contributed by atoms with E-state index in [-0.39, 0.29) is 12.2 Å². The Morgan fingerprint density at radius 1 is 1.38 bits per heavy atom. The van der Waals surface area contributed by atoms with Crippen LogP contribution in [0.1, 0.15) is 32.6 Å². The minimum Gasteiger partial charge on any atom is -0.381 e. The predicted molar refractivity (Wildman–Crippen MR) is 51.8 cm³/mol. The molecule has 0 aliphatic heterocycles. The van der Waals surface area contributed by atoms with Crippen LogP contribution in [-0.2, 0) is 14.3 Å². The van der Waals surface area contributed by atoms with E-state index in [9.17, 15) is 21.6 Å². The fourth-order valence-electron chi connectivity index (χ4n) is 1.43. The van der Waals surface area contributed by atoms with Gasteiger partial charge in [-0.2, -0.15) is 21.6 Å². The van der Waals surface area contributed by atoms with E-state index >= 15 is 0 Å². The highest BCUT2D eigenvalue weighted by atomic mass is 32.2. The minimum absolute atomic E-state index is 0.0957. The number of alkyl halides is 3. The molecule has 3 nitrogen and oxygen atoms in total. The summed E-state index contributed by atoms with van der Waals surface area (Å²) in [6, 6.07) is 0. The number of hydrogen-bond donors (Lipinski definition) is 0. The summed E-state index contributed by atoms with van der Waals surface area (Å²) in [4.78, 5) is 0. The summed E-state index contributed by atoms with van der Waals surface area (Å²) >= 11 is 0. The van der Waals surface area contributed by atoms with Crippen molar-refractivity contribution in [1.29, 1.82) is 0 Å². The van der Waals surface area contributed by atoms with E-state index in [1.54, 1.807) is 0 Å². The molecule has 1 rings (SSSR count). The van der Waals surface area contributed by atoms with Gasteiger partial charge in [-0.05, 0) is 31.3 Å². The molecule has 1 aliphatic carbocycles. The Balaban J connectivity index is 2.71. The Morgan fingerprint density at radius 3 is 2.56 bits per heavy atom. The average Bonchev–Trinajstić information content (AvgIpc) is 2.28. The number of rotatable bonds is 2. The van der Waals surface area contributed by atoms with E-state index in [0.717, 1.165) is 6.42 Å². The van der Waals surface area contributed by atoms with Gasteiger partial charge in [0.1, 0.15) is 5.76 Å². The molecule has 0 N–H and O–H groups in total. The molecule has 0 unspecified atom stereocenters. The normalized spacial score (nSPS) is 23.5. The zero-order valence-electron chi connectivity index (χ0n) is 8.75. The molecule has 1 aliphatic rings. The Morgan fingerprint density at radius 2 is 2.00 bits per heavy atom. The maximum atomic E-state index is 12.0. The molecular weight excluding hydrogens is 245 g/mol. The third kappa shape index (κ3) is 3.40. The lowest BCUT2D eigenvalue weighted by atomic mass is 10.0. The first-order chi connectivity index (χ1) is 7.22. The lowest BCUT2D eigenvalue weighted by molar-refractivity contribution is -0.0523. The summed E-state index contributed by atoms with van der Waals surface area (Å²) in [6.45, 7) is 1.97. The van der Waals surface area contributed by atoms with Crippen molar-refractivity contribution in [3.63, 3.8) is 0 Å². The van der Waals surface area contributed by atoms with E-state index in [1.165, 1.54) is 6.08 Å². The first-order valence-corrected chi connectivity index (χ1v) is 6.33. The fraction of sp³-hybridized carbons (Fsp3) is 0.778. The van der Waals surface area contributed by atoms with Gasteiger partial charge in [0, 0.05) is 6.42 Å². The molecule has 7 heteroatoms. The molecule has 0 aromatic carbocycles. The Kier molecular flexibility index (Phi) is 3.88. The van der Waals surface area contributed by atoms with Crippen LogP contribution < -0.4 is 0 Å². The van der Waals surface area contributed by atoms with Crippen LogP contribution in [0.2, 0.25) is 0 Å². The molecule has 0 bridgehead atoms. The fourth-order valence-corrected chi connectivity index (χ4v) is 1.96. The first kappa shape index (κ1) is 13.3. The quantitative estimate of drug-likeness (QED) is 0.565. The molecule has 0 amide bonds. The van der Waals surface area contributed by atoms with Crippen LogP contribution in [0.25, 0.3) is 0 Å². The van der Waals surface area contributed by atoms with E-state index < -0.39 is 15.6 Å². The van der Waals surface area contributed by atoms with Crippen LogP contribution in [0.5, 0.6) is 0 Å². The molecule has 0 spiro atoms. The smallest absolute Gasteiger partial charge is 0.381 e. The van der Waals surface area contributed by atoms with Crippen LogP contribution >= 0.6 is 0 Å². The average molecular weight is 258 g/mol. The van der Waals surface area contributed by atoms with Crippen LogP contribution in [0.15, 0.2) is 11.8 Å². The van der Waals surface area contributed by atoms with Gasteiger partial charge in [-0.3, -0.25) is 0 Å². The second-order valence-corrected chi connectivity index (χ2v) is 5.41. The van der Waals surface area contributed by atoms with Gasteiger partial charge in [-0.15, -0.1) is 0 Å². The molecule has 0 aromatic rings. The van der Waals surface area contributed by atoms with E-state index in [1.807, 2.05) is 6.92 Å². The van der Waals surface area contributed by atoms with Crippen LogP contribution in [-0.4, -0.2) is 13.9 Å². The maximum absolute atomic E-state index is 12.0. The Bertz CT molecular complexity index is 370. The molecule has 0 aromatic heterocycles. The minimum atomic E-state index is -5.50. The first-order valence-electron chi connectivity index (χ1n) is 4.92. The summed E-state index contributed by atoms with van der Waals surface area (Å²) in [5.41, 5.74) is -5.36. The molecule has 1 atom stereocenters. The van der Waals surface area contributed by atoms with Gasteiger partial charge in [0.05, 0.1) is 0 Å². The van der Waals surface area contributed by atoms with Crippen molar-refractivity contribution in [2.24, 2.45) is 5.92 Å². The van der Waals surface area contributed by atoms with Crippen molar-refractivity contribution >= 4 is 10.1 Å². The highest BCUT2D eigenvalue weighted by Gasteiger charge is 2.48. The zero-order chi connectivity index (χ0) is 12.4. The topological polar surface area (TPSA) is 43.4 Å². The highest BCUT2D eigenvalue weighted by molar-refractivity contribution is 7.87. The van der Waals surface area contributed by atoms with Gasteiger partial charge in [0.2, 0.25) is 0 Å². The lowest BCUT2D eigenvalue weighted by Crippen LogP contribution is -2.25. The summed E-state index contributed by atoms with van der Waals surface area (Å²) in [5, 5.41) is 0. The van der Waals surface area contributed by atoms with Gasteiger partial charge in [-0.1, -0.05) is 6.92 Å². The second-order valence-electron chi connectivity index (χ2n) is 3.87. The number of allylic oxidation sites excluding steroid dienone is 2. The second kappa shape index (κ2) is 4.65. The standard InChI is InChI=1S/C9H13F3O3S/c1-7-3-2-4-8(6-5-7)15-16(13,14)9(10,11)12/h4,7H,2-3,5-6H2,1H3/t7-/m0/s1.